The predicted octanol–water partition coefficient (Wildman–Crippen LogP) is 6.48. The van der Waals surface area contributed by atoms with Gasteiger partial charge in [0.25, 0.3) is 0 Å². The lowest BCUT2D eigenvalue weighted by molar-refractivity contribution is 0.389. The monoisotopic (exact) mass is 363 g/mol. The van der Waals surface area contributed by atoms with Crippen LogP contribution in [-0.2, 0) is 0 Å². The van der Waals surface area contributed by atoms with Crippen LogP contribution in [0.2, 0.25) is 0 Å². The maximum atomic E-state index is 9.69. The Hall–Kier alpha value is -3.19. The molecular weight excluding hydrogens is 334 g/mol. The third-order valence-electron chi connectivity index (χ3n) is 4.14. The number of hydrogen-bond donors (Lipinski definition) is 3. The van der Waals surface area contributed by atoms with Crippen molar-refractivity contribution in [2.24, 2.45) is 0 Å². The summed E-state index contributed by atoms with van der Waals surface area (Å²) in [4.78, 5) is 10.8. The van der Waals surface area contributed by atoms with Gasteiger partial charge in [-0.05, 0) is 44.1 Å². The summed E-state index contributed by atoms with van der Waals surface area (Å²) in [5.41, 5.74) is 5.45. The van der Waals surface area contributed by atoms with Gasteiger partial charge in [0.15, 0.2) is 0 Å². The molecule has 0 spiro atoms. The van der Waals surface area contributed by atoms with Gasteiger partial charge >= 0.3 is 0 Å². The second-order valence-corrected chi connectivity index (χ2v) is 5.52. The van der Waals surface area contributed by atoms with Crippen LogP contribution in [-0.4, -0.2) is 20.1 Å². The third-order valence-corrected chi connectivity index (χ3v) is 4.14. The third kappa shape index (κ3) is 5.39. The molecule has 0 aromatic carbocycles. The number of rotatable bonds is 5. The van der Waals surface area contributed by atoms with Crippen LogP contribution in [0.15, 0.2) is 54.8 Å². The lowest BCUT2D eigenvalue weighted by Gasteiger charge is -2.06. The first-order valence-electron chi connectivity index (χ1n) is 9.16. The number of allylic oxidation sites excluding steroid dienone is 4. The molecule has 3 aromatic rings. The minimum absolute atomic E-state index is 0.426. The number of aliphatic hydroxyl groups excluding tert-OH is 1. The lowest BCUT2D eigenvalue weighted by atomic mass is 9.99. The molecule has 0 bridgehead atoms. The van der Waals surface area contributed by atoms with E-state index in [1.54, 1.807) is 6.08 Å². The van der Waals surface area contributed by atoms with E-state index in [1.807, 2.05) is 58.5 Å². The molecule has 142 valence electrons. The van der Waals surface area contributed by atoms with Crippen LogP contribution >= 0.6 is 0 Å². The van der Waals surface area contributed by atoms with Gasteiger partial charge in [-0.25, -0.2) is 4.98 Å². The van der Waals surface area contributed by atoms with Gasteiger partial charge in [-0.3, -0.25) is 0 Å². The Labute approximate surface area is 162 Å². The molecule has 0 saturated carbocycles. The Morgan fingerprint density at radius 3 is 2.44 bits per heavy atom. The van der Waals surface area contributed by atoms with Crippen LogP contribution in [0.5, 0.6) is 0 Å². The van der Waals surface area contributed by atoms with E-state index in [0.29, 0.717) is 12.2 Å². The number of aromatic nitrogens is 3. The fraction of sp³-hybridized carbons (Fsp3) is 0.261. The Morgan fingerprint density at radius 2 is 1.85 bits per heavy atom. The largest absolute Gasteiger partial charge is 0.513 e. The molecule has 27 heavy (non-hydrogen) atoms. The highest BCUT2D eigenvalue weighted by molar-refractivity contribution is 5.93. The van der Waals surface area contributed by atoms with Crippen molar-refractivity contribution in [2.45, 2.75) is 40.5 Å². The van der Waals surface area contributed by atoms with Crippen LogP contribution in [0, 0.1) is 12.8 Å². The van der Waals surface area contributed by atoms with E-state index in [2.05, 4.69) is 39.9 Å². The second kappa shape index (κ2) is 11.4. The first kappa shape index (κ1) is 21.9. The number of terminal acetylenes is 1. The molecule has 0 fully saturated rings. The van der Waals surface area contributed by atoms with Crippen LogP contribution < -0.4 is 0 Å². The number of aromatic amines is 2. The van der Waals surface area contributed by atoms with Gasteiger partial charge in [-0.15, -0.1) is 12.8 Å². The van der Waals surface area contributed by atoms with E-state index in [-0.39, 0.29) is 0 Å². The Kier molecular flexibility index (Phi) is 9.25. The molecular formula is C23H29N3O. The fourth-order valence-corrected chi connectivity index (χ4v) is 2.77. The molecule has 0 aliphatic heterocycles. The molecule has 4 nitrogen and oxygen atoms in total. The zero-order chi connectivity index (χ0) is 20.2. The maximum Gasteiger partial charge on any atom is 0.137 e. The zero-order valence-electron chi connectivity index (χ0n) is 16.6. The average molecular weight is 364 g/mol. The molecule has 0 unspecified atom stereocenters. The van der Waals surface area contributed by atoms with E-state index >= 15 is 0 Å². The Morgan fingerprint density at radius 1 is 1.11 bits per heavy atom. The number of fused-ring (bicyclic) bond motifs is 1. The quantitative estimate of drug-likeness (QED) is 0.359. The van der Waals surface area contributed by atoms with Crippen molar-refractivity contribution in [2.75, 3.05) is 0 Å². The smallest absolute Gasteiger partial charge is 0.137 e. The summed E-state index contributed by atoms with van der Waals surface area (Å²) in [7, 11) is 0. The molecule has 3 heterocycles. The minimum Gasteiger partial charge on any atom is -0.513 e. The summed E-state index contributed by atoms with van der Waals surface area (Å²) < 4.78 is 0. The summed E-state index contributed by atoms with van der Waals surface area (Å²) in [6.45, 7) is 7.88. The lowest BCUT2D eigenvalue weighted by Crippen LogP contribution is -1.87. The summed E-state index contributed by atoms with van der Waals surface area (Å²) in [6.07, 6.45) is 21.1. The van der Waals surface area contributed by atoms with E-state index < -0.39 is 0 Å². The van der Waals surface area contributed by atoms with Gasteiger partial charge in [0, 0.05) is 53.3 Å². The maximum absolute atomic E-state index is 9.69. The number of H-pyrrole nitrogens is 2. The molecule has 3 rings (SSSR count). The first-order valence-corrected chi connectivity index (χ1v) is 9.16. The molecule has 3 aromatic heterocycles. The number of nitrogens with one attached hydrogen (secondary N) is 2. The normalized spacial score (nSPS) is 11.3. The number of pyridine rings is 1. The molecule has 4 heteroatoms. The Bertz CT molecular complexity index is 896. The van der Waals surface area contributed by atoms with Crippen molar-refractivity contribution in [3.05, 3.63) is 60.4 Å². The van der Waals surface area contributed by atoms with Gasteiger partial charge in [-0.1, -0.05) is 19.9 Å². The SMILES string of the molecule is C#C.C/C=C(/O)CC/C(=C\C)c1c[nH]c2ncc(-c3cc[nH]c3)cc12.CC. The first-order chi connectivity index (χ1) is 13.2. The van der Waals surface area contributed by atoms with E-state index in [1.165, 1.54) is 5.57 Å². The molecule has 0 saturated heterocycles. The number of nitrogens with zero attached hydrogens (tertiary/aromatic N) is 1. The highest BCUT2D eigenvalue weighted by Crippen LogP contribution is 2.30. The fourth-order valence-electron chi connectivity index (χ4n) is 2.77. The van der Waals surface area contributed by atoms with Crippen molar-refractivity contribution in [3.8, 4) is 24.0 Å². The van der Waals surface area contributed by atoms with E-state index in [4.69, 9.17) is 0 Å². The topological polar surface area (TPSA) is 64.7 Å². The Balaban J connectivity index is 0.000000855. The average Bonchev–Trinajstić information content (AvgIpc) is 3.41. The molecule has 0 aliphatic rings. The van der Waals surface area contributed by atoms with Gasteiger partial charge in [0.2, 0.25) is 0 Å². The van der Waals surface area contributed by atoms with Gasteiger partial charge in [0.1, 0.15) is 5.65 Å². The van der Waals surface area contributed by atoms with Gasteiger partial charge in [0.05, 0.1) is 5.76 Å². The van der Waals surface area contributed by atoms with Gasteiger partial charge in [-0.2, -0.15) is 0 Å². The number of aliphatic hydroxyl groups is 1. The minimum atomic E-state index is 0.426. The zero-order valence-corrected chi connectivity index (χ0v) is 16.6. The summed E-state index contributed by atoms with van der Waals surface area (Å²) in [6, 6.07) is 4.20. The van der Waals surface area contributed by atoms with Crippen molar-refractivity contribution in [3.63, 3.8) is 0 Å². The van der Waals surface area contributed by atoms with Crippen molar-refractivity contribution in [1.29, 1.82) is 0 Å². The molecule has 0 aliphatic carbocycles. The molecule has 0 amide bonds. The standard InChI is InChI=1S/C19H21N3O.C2H6.C2H2/c1-3-13(5-6-16(23)4-2)18-12-22-19-17(18)9-15(11-21-19)14-7-8-20-10-14;2*1-2/h3-4,7-12,20,23H,5-6H2,1-2H3,(H,21,22);1-2H3;1-2H/b13-3+,16-4+;;. The summed E-state index contributed by atoms with van der Waals surface area (Å²) in [5, 5.41) is 10.8. The van der Waals surface area contributed by atoms with Crippen LogP contribution in [0.3, 0.4) is 0 Å². The summed E-state index contributed by atoms with van der Waals surface area (Å²) in [5.74, 6) is 0.426. The predicted molar refractivity (Wildman–Crippen MR) is 116 cm³/mol. The van der Waals surface area contributed by atoms with Crippen LogP contribution in [0.4, 0.5) is 0 Å². The van der Waals surface area contributed by atoms with Crippen molar-refractivity contribution in [1.82, 2.24) is 15.0 Å². The molecule has 0 atom stereocenters. The van der Waals surface area contributed by atoms with E-state index in [9.17, 15) is 5.11 Å². The van der Waals surface area contributed by atoms with Crippen LogP contribution in [0.1, 0.15) is 46.1 Å². The molecule has 0 radical (unpaired) electrons. The second-order valence-electron chi connectivity index (χ2n) is 5.52. The van der Waals surface area contributed by atoms with Crippen molar-refractivity contribution < 1.29 is 5.11 Å². The van der Waals surface area contributed by atoms with Crippen molar-refractivity contribution >= 4 is 16.6 Å². The number of hydrogen-bond acceptors (Lipinski definition) is 2. The molecule has 3 N–H and O–H groups in total. The van der Waals surface area contributed by atoms with E-state index in [0.717, 1.165) is 34.1 Å². The highest BCUT2D eigenvalue weighted by atomic mass is 16.3. The summed E-state index contributed by atoms with van der Waals surface area (Å²) >= 11 is 0. The van der Waals surface area contributed by atoms with Gasteiger partial charge < -0.3 is 15.1 Å². The highest BCUT2D eigenvalue weighted by Gasteiger charge is 2.11. The van der Waals surface area contributed by atoms with Crippen LogP contribution in [0.25, 0.3) is 27.7 Å².